The summed E-state index contributed by atoms with van der Waals surface area (Å²) in [4.78, 5) is 3.43. The molecule has 0 aliphatic rings. The molecule has 1 aromatic carbocycles. The summed E-state index contributed by atoms with van der Waals surface area (Å²) < 4.78 is 0. The Hall–Kier alpha value is -1.70. The van der Waals surface area contributed by atoms with Gasteiger partial charge < -0.3 is 10.3 Å². The molecule has 0 aliphatic carbocycles. The quantitative estimate of drug-likeness (QED) is 0.166. The first-order chi connectivity index (χ1) is 16.7. The van der Waals surface area contributed by atoms with Crippen molar-refractivity contribution in [1.82, 2.24) is 10.3 Å². The Kier molecular flexibility index (Phi) is 15.6. The Morgan fingerprint density at radius 3 is 1.85 bits per heavy atom. The lowest BCUT2D eigenvalue weighted by Crippen LogP contribution is -2.15. The highest BCUT2D eigenvalue weighted by molar-refractivity contribution is 5.85. The highest BCUT2D eigenvalue weighted by Crippen LogP contribution is 2.21. The van der Waals surface area contributed by atoms with Crippen LogP contribution in [0.3, 0.4) is 0 Å². The topological polar surface area (TPSA) is 27.8 Å². The van der Waals surface area contributed by atoms with Crippen molar-refractivity contribution in [1.29, 1.82) is 0 Å². The SMILES string of the molecule is C=C(CCCCCCCCCCCCCCCCCCC)NCCc1c[nH]c2c(C)cccc12. The third-order valence-corrected chi connectivity index (χ3v) is 7.36. The van der Waals surface area contributed by atoms with E-state index in [0.717, 1.165) is 19.4 Å². The molecular weight excluding hydrogens is 412 g/mol. The molecule has 0 saturated carbocycles. The van der Waals surface area contributed by atoms with Crippen LogP contribution in [0.5, 0.6) is 0 Å². The predicted octanol–water partition coefficient (Wildman–Crippen LogP) is 10.2. The van der Waals surface area contributed by atoms with Crippen LogP contribution in [0.4, 0.5) is 0 Å². The highest BCUT2D eigenvalue weighted by Gasteiger charge is 2.05. The Balaban J connectivity index is 1.33. The molecule has 0 spiro atoms. The van der Waals surface area contributed by atoms with E-state index in [1.165, 1.54) is 137 Å². The lowest BCUT2D eigenvalue weighted by atomic mass is 10.0. The van der Waals surface area contributed by atoms with Gasteiger partial charge >= 0.3 is 0 Å². The van der Waals surface area contributed by atoms with Gasteiger partial charge in [-0.3, -0.25) is 0 Å². The second-order valence-corrected chi connectivity index (χ2v) is 10.5. The van der Waals surface area contributed by atoms with Crippen molar-refractivity contribution in [3.05, 3.63) is 47.8 Å². The molecule has 0 amide bonds. The van der Waals surface area contributed by atoms with E-state index in [9.17, 15) is 0 Å². The second-order valence-electron chi connectivity index (χ2n) is 10.5. The van der Waals surface area contributed by atoms with Crippen molar-refractivity contribution in [3.8, 4) is 0 Å². The van der Waals surface area contributed by atoms with Gasteiger partial charge in [-0.2, -0.15) is 0 Å². The standard InChI is InChI=1S/C32H54N2/c1-4-5-6-7-8-9-10-11-12-13-14-15-16-17-18-19-20-23-29(3)33-26-25-30-27-34-32-28(2)22-21-24-31(30)32/h21-22,24,27,33-34H,3-20,23,25-26H2,1-2H3. The zero-order valence-electron chi connectivity index (χ0n) is 22.7. The first-order valence-corrected chi connectivity index (χ1v) is 14.7. The van der Waals surface area contributed by atoms with Crippen LogP contribution < -0.4 is 5.32 Å². The van der Waals surface area contributed by atoms with Crippen LogP contribution >= 0.6 is 0 Å². The van der Waals surface area contributed by atoms with Crippen LogP contribution in [0.2, 0.25) is 0 Å². The molecule has 1 heterocycles. The maximum absolute atomic E-state index is 4.24. The number of unbranched alkanes of at least 4 members (excludes halogenated alkanes) is 16. The van der Waals surface area contributed by atoms with Gasteiger partial charge in [-0.15, -0.1) is 0 Å². The number of H-pyrrole nitrogens is 1. The monoisotopic (exact) mass is 466 g/mol. The Morgan fingerprint density at radius 2 is 1.29 bits per heavy atom. The fourth-order valence-corrected chi connectivity index (χ4v) is 5.10. The molecule has 1 aromatic heterocycles. The fourth-order valence-electron chi connectivity index (χ4n) is 5.10. The summed E-state index contributed by atoms with van der Waals surface area (Å²) in [6.07, 6.45) is 28.6. The van der Waals surface area contributed by atoms with E-state index in [0.29, 0.717) is 0 Å². The van der Waals surface area contributed by atoms with Gasteiger partial charge in [0.1, 0.15) is 0 Å². The van der Waals surface area contributed by atoms with Crippen LogP contribution in [0.15, 0.2) is 36.7 Å². The Bertz CT molecular complexity index is 772. The molecule has 0 unspecified atom stereocenters. The zero-order valence-corrected chi connectivity index (χ0v) is 22.7. The third kappa shape index (κ3) is 12.1. The van der Waals surface area contributed by atoms with Gasteiger partial charge in [0.2, 0.25) is 0 Å². The van der Waals surface area contributed by atoms with Crippen LogP contribution in [0.1, 0.15) is 134 Å². The minimum atomic E-state index is 0.971. The normalized spacial score (nSPS) is 11.4. The molecule has 0 bridgehead atoms. The molecule has 0 fully saturated rings. The summed E-state index contributed by atoms with van der Waals surface area (Å²) in [6.45, 7) is 9.68. The van der Waals surface area contributed by atoms with Gasteiger partial charge in [0.25, 0.3) is 0 Å². The maximum Gasteiger partial charge on any atom is 0.0486 e. The molecule has 0 saturated heterocycles. The van der Waals surface area contributed by atoms with E-state index >= 15 is 0 Å². The highest BCUT2D eigenvalue weighted by atomic mass is 14.9. The van der Waals surface area contributed by atoms with Gasteiger partial charge in [0.05, 0.1) is 0 Å². The molecule has 0 aliphatic heterocycles. The number of aryl methyl sites for hydroxylation is 1. The summed E-state index contributed by atoms with van der Waals surface area (Å²) >= 11 is 0. The maximum atomic E-state index is 4.24. The average Bonchev–Trinajstić information content (AvgIpc) is 3.25. The van der Waals surface area contributed by atoms with Gasteiger partial charge in [0.15, 0.2) is 0 Å². The predicted molar refractivity (Wildman–Crippen MR) is 153 cm³/mol. The number of aromatic amines is 1. The van der Waals surface area contributed by atoms with E-state index in [1.54, 1.807) is 0 Å². The molecule has 2 N–H and O–H groups in total. The smallest absolute Gasteiger partial charge is 0.0486 e. The summed E-state index contributed by atoms with van der Waals surface area (Å²) in [5, 5.41) is 4.91. The Morgan fingerprint density at radius 1 is 0.765 bits per heavy atom. The molecule has 2 heteroatoms. The summed E-state index contributed by atoms with van der Waals surface area (Å²) in [5.41, 5.74) is 5.20. The minimum Gasteiger partial charge on any atom is -0.388 e. The van der Waals surface area contributed by atoms with Gasteiger partial charge in [-0.1, -0.05) is 134 Å². The molecule has 2 rings (SSSR count). The van der Waals surface area contributed by atoms with Crippen LogP contribution in [0.25, 0.3) is 10.9 Å². The molecule has 192 valence electrons. The van der Waals surface area contributed by atoms with E-state index in [2.05, 4.69) is 55.1 Å². The summed E-state index contributed by atoms with van der Waals surface area (Å²) in [5.74, 6) is 0. The van der Waals surface area contributed by atoms with Crippen molar-refractivity contribution < 1.29 is 0 Å². The van der Waals surface area contributed by atoms with Crippen molar-refractivity contribution in [2.24, 2.45) is 0 Å². The van der Waals surface area contributed by atoms with E-state index in [4.69, 9.17) is 0 Å². The van der Waals surface area contributed by atoms with Gasteiger partial charge in [-0.25, -0.2) is 0 Å². The third-order valence-electron chi connectivity index (χ3n) is 7.36. The van der Waals surface area contributed by atoms with E-state index < -0.39 is 0 Å². The largest absolute Gasteiger partial charge is 0.388 e. The van der Waals surface area contributed by atoms with Crippen molar-refractivity contribution in [3.63, 3.8) is 0 Å². The molecule has 2 nitrogen and oxygen atoms in total. The number of rotatable bonds is 22. The number of fused-ring (bicyclic) bond motifs is 1. The molecule has 0 atom stereocenters. The number of hydrogen-bond acceptors (Lipinski definition) is 1. The van der Waals surface area contributed by atoms with Crippen LogP contribution in [-0.4, -0.2) is 11.5 Å². The number of allylic oxidation sites excluding steroid dienone is 1. The summed E-state index contributed by atoms with van der Waals surface area (Å²) in [7, 11) is 0. The average molecular weight is 467 g/mol. The second kappa shape index (κ2) is 18.6. The number of para-hydroxylation sites is 1. The number of hydrogen-bond donors (Lipinski definition) is 2. The molecular formula is C32H54N2. The number of nitrogens with one attached hydrogen (secondary N) is 2. The van der Waals surface area contributed by atoms with Crippen molar-refractivity contribution in [2.75, 3.05) is 6.54 Å². The lowest BCUT2D eigenvalue weighted by molar-refractivity contribution is 0.526. The first kappa shape index (κ1) is 28.5. The van der Waals surface area contributed by atoms with Crippen LogP contribution in [-0.2, 0) is 6.42 Å². The molecule has 34 heavy (non-hydrogen) atoms. The fraction of sp³-hybridized carbons (Fsp3) is 0.688. The van der Waals surface area contributed by atoms with Gasteiger partial charge in [0, 0.05) is 29.3 Å². The first-order valence-electron chi connectivity index (χ1n) is 14.7. The van der Waals surface area contributed by atoms with Crippen molar-refractivity contribution >= 4 is 10.9 Å². The van der Waals surface area contributed by atoms with E-state index in [-0.39, 0.29) is 0 Å². The molecule has 0 radical (unpaired) electrons. The van der Waals surface area contributed by atoms with Crippen molar-refractivity contribution in [2.45, 2.75) is 136 Å². The summed E-state index contributed by atoms with van der Waals surface area (Å²) in [6, 6.07) is 6.54. The molecule has 2 aromatic rings. The van der Waals surface area contributed by atoms with E-state index in [1.807, 2.05) is 0 Å². The number of benzene rings is 1. The Labute approximate surface area is 211 Å². The minimum absolute atomic E-state index is 0.971. The zero-order chi connectivity index (χ0) is 24.3. The van der Waals surface area contributed by atoms with Crippen LogP contribution in [0, 0.1) is 6.92 Å². The number of aromatic nitrogens is 1. The lowest BCUT2D eigenvalue weighted by Gasteiger charge is -2.09. The van der Waals surface area contributed by atoms with Gasteiger partial charge in [-0.05, 0) is 37.3 Å².